The van der Waals surface area contributed by atoms with E-state index in [0.29, 0.717) is 17.6 Å². The highest BCUT2D eigenvalue weighted by Crippen LogP contribution is 2.22. The number of fused-ring (bicyclic) bond motifs is 1. The van der Waals surface area contributed by atoms with Gasteiger partial charge in [-0.15, -0.1) is 0 Å². The Morgan fingerprint density at radius 1 is 1.32 bits per heavy atom. The highest BCUT2D eigenvalue weighted by Gasteiger charge is 2.18. The maximum Gasteiger partial charge on any atom is 0.253 e. The lowest BCUT2D eigenvalue weighted by molar-refractivity contribution is -0.130. The second kappa shape index (κ2) is 7.75. The summed E-state index contributed by atoms with van der Waals surface area (Å²) in [6, 6.07) is 4.43. The van der Waals surface area contributed by atoms with Gasteiger partial charge in [0.15, 0.2) is 0 Å². The van der Waals surface area contributed by atoms with Crippen LogP contribution in [-0.2, 0) is 24.8 Å². The topological polar surface area (TPSA) is 71.0 Å². The molecule has 0 saturated carbocycles. The normalized spacial score (nSPS) is 11.2. The number of rotatable bonds is 5. The Morgan fingerprint density at radius 2 is 2.04 bits per heavy atom. The lowest BCUT2D eigenvalue weighted by Crippen LogP contribution is -2.28. The molecule has 0 unspecified atom stereocenters. The second-order valence-electron chi connectivity index (χ2n) is 6.94. The van der Waals surface area contributed by atoms with Gasteiger partial charge < -0.3 is 9.88 Å². The largest absolute Gasteiger partial charge is 0.341 e. The van der Waals surface area contributed by atoms with Gasteiger partial charge in [-0.3, -0.25) is 14.3 Å². The zero-order valence-corrected chi connectivity index (χ0v) is 17.0. The number of pyridine rings is 1. The molecule has 6 nitrogen and oxygen atoms in total. The van der Waals surface area contributed by atoms with Crippen molar-refractivity contribution >= 4 is 28.5 Å². The summed E-state index contributed by atoms with van der Waals surface area (Å²) in [6.45, 7) is 3.82. The number of nitrogens with zero attached hydrogens (tertiary/aromatic N) is 3. The molecule has 3 rings (SSSR count). The van der Waals surface area contributed by atoms with Gasteiger partial charge >= 0.3 is 0 Å². The Hall–Kier alpha value is -2.67. The summed E-state index contributed by atoms with van der Waals surface area (Å²) in [6.07, 6.45) is 0.428. The molecule has 0 bridgehead atoms. The van der Waals surface area contributed by atoms with E-state index in [9.17, 15) is 14.0 Å². The molecule has 0 radical (unpaired) electrons. The fourth-order valence-electron chi connectivity index (χ4n) is 3.49. The van der Waals surface area contributed by atoms with Crippen LogP contribution < -0.4 is 5.56 Å². The first-order valence-corrected chi connectivity index (χ1v) is 9.30. The van der Waals surface area contributed by atoms with Crippen molar-refractivity contribution in [2.24, 2.45) is 7.05 Å². The van der Waals surface area contributed by atoms with E-state index in [-0.39, 0.29) is 35.0 Å². The van der Waals surface area contributed by atoms with Crippen LogP contribution in [0.1, 0.15) is 28.8 Å². The Kier molecular flexibility index (Phi) is 5.56. The highest BCUT2D eigenvalue weighted by molar-refractivity contribution is 6.31. The van der Waals surface area contributed by atoms with Crippen LogP contribution in [0.3, 0.4) is 0 Å². The van der Waals surface area contributed by atoms with E-state index in [2.05, 4.69) is 10.1 Å². The monoisotopic (exact) mass is 404 g/mol. The van der Waals surface area contributed by atoms with Crippen LogP contribution in [-0.4, -0.2) is 32.6 Å². The number of hydrogen-bond donors (Lipinski definition) is 1. The van der Waals surface area contributed by atoms with Gasteiger partial charge in [0.25, 0.3) is 5.56 Å². The summed E-state index contributed by atoms with van der Waals surface area (Å²) in [5.41, 5.74) is 2.94. The van der Waals surface area contributed by atoms with Crippen molar-refractivity contribution in [1.82, 2.24) is 19.7 Å². The molecular formula is C20H22ClFN4O2. The number of carbonyl (C=O) groups excluding carboxylic acids is 1. The average Bonchev–Trinajstić information content (AvgIpc) is 2.91. The van der Waals surface area contributed by atoms with Crippen molar-refractivity contribution in [2.45, 2.75) is 33.2 Å². The predicted octanol–water partition coefficient (Wildman–Crippen LogP) is 3.26. The molecular weight excluding hydrogens is 383 g/mol. The zero-order valence-electron chi connectivity index (χ0n) is 16.3. The van der Waals surface area contributed by atoms with Gasteiger partial charge in [-0.2, -0.15) is 5.10 Å². The highest BCUT2D eigenvalue weighted by atomic mass is 35.5. The quantitative estimate of drug-likeness (QED) is 0.709. The second-order valence-corrected chi connectivity index (χ2v) is 7.35. The first-order valence-electron chi connectivity index (χ1n) is 8.92. The fourth-order valence-corrected chi connectivity index (χ4v) is 3.71. The van der Waals surface area contributed by atoms with Crippen molar-refractivity contribution in [3.8, 4) is 0 Å². The molecule has 3 aromatic rings. The molecule has 148 valence electrons. The van der Waals surface area contributed by atoms with Gasteiger partial charge in [0.1, 0.15) is 11.5 Å². The molecule has 0 saturated heterocycles. The molecule has 0 aliphatic carbocycles. The average molecular weight is 405 g/mol. The number of aromatic amines is 1. The molecule has 0 aliphatic heterocycles. The predicted molar refractivity (Wildman–Crippen MR) is 107 cm³/mol. The van der Waals surface area contributed by atoms with E-state index in [1.807, 2.05) is 13.8 Å². The first-order chi connectivity index (χ1) is 13.2. The molecule has 2 aromatic heterocycles. The lowest BCUT2D eigenvalue weighted by atomic mass is 10.0. The van der Waals surface area contributed by atoms with E-state index >= 15 is 0 Å². The van der Waals surface area contributed by atoms with Crippen LogP contribution in [0.2, 0.25) is 5.02 Å². The van der Waals surface area contributed by atoms with Gasteiger partial charge in [0, 0.05) is 48.6 Å². The van der Waals surface area contributed by atoms with E-state index in [1.165, 1.54) is 17.0 Å². The van der Waals surface area contributed by atoms with Crippen LogP contribution in [0, 0.1) is 19.7 Å². The van der Waals surface area contributed by atoms with Crippen molar-refractivity contribution in [3.63, 3.8) is 0 Å². The van der Waals surface area contributed by atoms with E-state index < -0.39 is 5.82 Å². The summed E-state index contributed by atoms with van der Waals surface area (Å²) < 4.78 is 15.6. The van der Waals surface area contributed by atoms with Gasteiger partial charge in [0.05, 0.1) is 5.69 Å². The van der Waals surface area contributed by atoms with Gasteiger partial charge in [-0.25, -0.2) is 4.39 Å². The number of halogens is 2. The number of H-pyrrole nitrogens is 1. The number of aryl methyl sites for hydroxylation is 3. The third kappa shape index (κ3) is 3.67. The van der Waals surface area contributed by atoms with E-state index in [1.54, 1.807) is 24.8 Å². The van der Waals surface area contributed by atoms with Crippen molar-refractivity contribution in [2.75, 3.05) is 7.05 Å². The zero-order chi connectivity index (χ0) is 20.6. The summed E-state index contributed by atoms with van der Waals surface area (Å²) >= 11 is 6.03. The molecule has 1 N–H and O–H groups in total. The smallest absolute Gasteiger partial charge is 0.253 e. The van der Waals surface area contributed by atoms with Gasteiger partial charge in [-0.1, -0.05) is 17.7 Å². The molecule has 0 aliphatic rings. The minimum atomic E-state index is -0.447. The van der Waals surface area contributed by atoms with E-state index in [0.717, 1.165) is 16.6 Å². The van der Waals surface area contributed by atoms with Crippen LogP contribution >= 0.6 is 11.6 Å². The summed E-state index contributed by atoms with van der Waals surface area (Å²) in [7, 11) is 3.37. The SMILES string of the molecule is Cc1nn(C)c2[nH]c(=O)c(CCC(=O)N(C)Cc3c(F)cccc3Cl)c(C)c12. The van der Waals surface area contributed by atoms with Crippen molar-refractivity contribution < 1.29 is 9.18 Å². The number of carbonyl (C=O) groups is 1. The number of nitrogens with one attached hydrogen (secondary N) is 1. The Bertz CT molecular complexity index is 1100. The maximum absolute atomic E-state index is 13.9. The lowest BCUT2D eigenvalue weighted by Gasteiger charge is -2.18. The molecule has 0 spiro atoms. The molecule has 0 atom stereocenters. The van der Waals surface area contributed by atoms with Crippen LogP contribution in [0.5, 0.6) is 0 Å². The number of benzene rings is 1. The maximum atomic E-state index is 13.9. The third-order valence-corrected chi connectivity index (χ3v) is 5.38. The van der Waals surface area contributed by atoms with Gasteiger partial charge in [-0.05, 0) is 38.0 Å². The number of hydrogen-bond acceptors (Lipinski definition) is 3. The molecule has 1 amide bonds. The first kappa shape index (κ1) is 20.1. The van der Waals surface area contributed by atoms with Crippen LogP contribution in [0.4, 0.5) is 4.39 Å². The van der Waals surface area contributed by atoms with Crippen molar-refractivity contribution in [1.29, 1.82) is 0 Å². The molecule has 2 heterocycles. The Balaban J connectivity index is 1.77. The minimum absolute atomic E-state index is 0.0699. The third-order valence-electron chi connectivity index (χ3n) is 5.03. The minimum Gasteiger partial charge on any atom is -0.341 e. The molecule has 0 fully saturated rings. The molecule has 28 heavy (non-hydrogen) atoms. The van der Waals surface area contributed by atoms with Crippen LogP contribution in [0.15, 0.2) is 23.0 Å². The van der Waals surface area contributed by atoms with Crippen molar-refractivity contribution in [3.05, 3.63) is 61.8 Å². The molecule has 8 heteroatoms. The Labute approximate surface area is 166 Å². The number of aromatic nitrogens is 3. The number of amides is 1. The van der Waals surface area contributed by atoms with E-state index in [4.69, 9.17) is 11.6 Å². The summed E-state index contributed by atoms with van der Waals surface area (Å²) in [5.74, 6) is -0.641. The standard InChI is InChI=1S/C20H22ClFN4O2/c1-11-13(20(28)23-19-18(11)12(2)24-26(19)4)8-9-17(27)25(3)10-14-15(21)6-5-7-16(14)22/h5-7H,8-10H2,1-4H3,(H,23,28). The molecule has 1 aromatic carbocycles. The summed E-state index contributed by atoms with van der Waals surface area (Å²) in [5, 5.41) is 5.52. The van der Waals surface area contributed by atoms with Crippen LogP contribution in [0.25, 0.3) is 11.0 Å². The Morgan fingerprint density at radius 3 is 2.71 bits per heavy atom. The van der Waals surface area contributed by atoms with Gasteiger partial charge in [0.2, 0.25) is 5.91 Å². The fraction of sp³-hybridized carbons (Fsp3) is 0.350. The summed E-state index contributed by atoms with van der Waals surface area (Å²) in [4.78, 5) is 29.3.